The zero-order valence-electron chi connectivity index (χ0n) is 30.7. The van der Waals surface area contributed by atoms with Gasteiger partial charge in [0.15, 0.2) is 0 Å². The second-order valence-electron chi connectivity index (χ2n) is 14.2. The van der Waals surface area contributed by atoms with Crippen LogP contribution >= 0.6 is 0 Å². The number of hydrogen-bond donors (Lipinski definition) is 0. The lowest BCUT2D eigenvalue weighted by molar-refractivity contribution is -0.158. The highest BCUT2D eigenvalue weighted by Gasteiger charge is 2.31. The van der Waals surface area contributed by atoms with E-state index < -0.39 is 0 Å². The van der Waals surface area contributed by atoms with Crippen LogP contribution in [0.1, 0.15) is 135 Å². The van der Waals surface area contributed by atoms with Crippen LogP contribution in [0.2, 0.25) is 0 Å². The molecule has 3 saturated carbocycles. The van der Waals surface area contributed by atoms with Crippen LogP contribution in [0.3, 0.4) is 0 Å². The highest BCUT2D eigenvalue weighted by atomic mass is 16.7. The maximum absolute atomic E-state index is 12.9. The number of esters is 3. The van der Waals surface area contributed by atoms with Crippen LogP contribution in [0.15, 0.2) is 25.3 Å². The molecule has 0 atom stereocenters. The molecule has 0 N–H and O–H groups in total. The Labute approximate surface area is 301 Å². The van der Waals surface area contributed by atoms with Crippen LogP contribution in [0.25, 0.3) is 0 Å². The molecule has 0 spiro atoms. The molecule has 0 unspecified atom stereocenters. The van der Waals surface area contributed by atoms with Crippen molar-refractivity contribution in [1.82, 2.24) is 0 Å². The van der Waals surface area contributed by atoms with Gasteiger partial charge in [0.2, 0.25) is 0 Å². The summed E-state index contributed by atoms with van der Waals surface area (Å²) >= 11 is 0. The van der Waals surface area contributed by atoms with Crippen molar-refractivity contribution in [3.05, 3.63) is 25.3 Å². The molecule has 0 aliphatic heterocycles. The van der Waals surface area contributed by atoms with Gasteiger partial charge < -0.3 is 33.2 Å². The fourth-order valence-corrected chi connectivity index (χ4v) is 7.16. The molecule has 3 rings (SSSR count). The molecule has 286 valence electrons. The zero-order valence-corrected chi connectivity index (χ0v) is 30.7. The van der Waals surface area contributed by atoms with Gasteiger partial charge in [-0.25, -0.2) is 9.59 Å². The predicted octanol–water partition coefficient (Wildman–Crippen LogP) is 7.95. The molecule has 0 amide bonds. The summed E-state index contributed by atoms with van der Waals surface area (Å²) in [7, 11) is 0. The number of ether oxygens (including phenoxy) is 7. The maximum Gasteiger partial charge on any atom is 0.330 e. The van der Waals surface area contributed by atoms with Gasteiger partial charge in [-0.2, -0.15) is 0 Å². The van der Waals surface area contributed by atoms with E-state index in [1.54, 1.807) is 0 Å². The van der Waals surface area contributed by atoms with Crippen molar-refractivity contribution < 1.29 is 47.5 Å². The molecule has 3 aliphatic carbocycles. The highest BCUT2D eigenvalue weighted by molar-refractivity contribution is 5.81. The third-order valence-corrected chi connectivity index (χ3v) is 10.4. The smallest absolute Gasteiger partial charge is 0.330 e. The quantitative estimate of drug-likeness (QED) is 0.0289. The standard InChI is InChI=1S/C40H66O10/c1-3-38(41)47-28-11-7-5-9-26-45-34-19-15-33(16-20-34)40(43)50-37-17-13-32(14-18-37)25-30-44-31-49-36-23-21-35(22-24-36)46-27-10-6-8-12-29-48-39(42)4-2/h3-4,32-37H,1-2,5-31H2. The third-order valence-electron chi connectivity index (χ3n) is 10.4. The van der Waals surface area contributed by atoms with Gasteiger partial charge in [0.1, 0.15) is 12.9 Å². The summed E-state index contributed by atoms with van der Waals surface area (Å²) in [6, 6.07) is 0. The van der Waals surface area contributed by atoms with Gasteiger partial charge in [-0.05, 0) is 128 Å². The summed E-state index contributed by atoms with van der Waals surface area (Å²) in [4.78, 5) is 34.9. The summed E-state index contributed by atoms with van der Waals surface area (Å²) in [5, 5.41) is 0. The van der Waals surface area contributed by atoms with Crippen LogP contribution in [-0.4, -0.2) is 82.2 Å². The van der Waals surface area contributed by atoms with E-state index in [0.717, 1.165) is 148 Å². The van der Waals surface area contributed by atoms with Gasteiger partial charge >= 0.3 is 17.9 Å². The Hall–Kier alpha value is -2.27. The van der Waals surface area contributed by atoms with E-state index in [0.29, 0.717) is 38.6 Å². The molecule has 0 bridgehead atoms. The van der Waals surface area contributed by atoms with E-state index in [1.165, 1.54) is 12.2 Å². The van der Waals surface area contributed by atoms with Crippen molar-refractivity contribution in [3.63, 3.8) is 0 Å². The van der Waals surface area contributed by atoms with Crippen molar-refractivity contribution in [2.45, 2.75) is 159 Å². The van der Waals surface area contributed by atoms with Crippen molar-refractivity contribution in [1.29, 1.82) is 0 Å². The number of rotatable bonds is 26. The fourth-order valence-electron chi connectivity index (χ4n) is 7.16. The molecular weight excluding hydrogens is 640 g/mol. The van der Waals surface area contributed by atoms with Crippen LogP contribution in [-0.2, 0) is 47.5 Å². The topological polar surface area (TPSA) is 116 Å². The summed E-state index contributed by atoms with van der Waals surface area (Å²) in [6.45, 7) is 10.3. The van der Waals surface area contributed by atoms with Crippen LogP contribution < -0.4 is 0 Å². The number of unbranched alkanes of at least 4 members (excludes halogenated alkanes) is 6. The Morgan fingerprint density at radius 2 is 0.940 bits per heavy atom. The Morgan fingerprint density at radius 1 is 0.500 bits per heavy atom. The molecule has 0 aromatic heterocycles. The Kier molecular flexibility index (Phi) is 22.3. The summed E-state index contributed by atoms with van der Waals surface area (Å²) < 4.78 is 39.9. The summed E-state index contributed by atoms with van der Waals surface area (Å²) in [5.74, 6) is -0.0986. The lowest BCUT2D eigenvalue weighted by Gasteiger charge is -2.31. The van der Waals surface area contributed by atoms with Gasteiger partial charge in [0.25, 0.3) is 0 Å². The van der Waals surface area contributed by atoms with Crippen molar-refractivity contribution in [3.8, 4) is 0 Å². The number of carbonyl (C=O) groups is 3. The number of hydrogen-bond acceptors (Lipinski definition) is 10. The molecule has 3 aliphatic rings. The first-order valence-electron chi connectivity index (χ1n) is 19.7. The highest BCUT2D eigenvalue weighted by Crippen LogP contribution is 2.32. The molecule has 0 saturated heterocycles. The minimum atomic E-state index is -0.361. The Bertz CT molecular complexity index is 946. The second-order valence-corrected chi connectivity index (χ2v) is 14.2. The summed E-state index contributed by atoms with van der Waals surface area (Å²) in [6.07, 6.45) is 24.0. The molecule has 10 nitrogen and oxygen atoms in total. The van der Waals surface area contributed by atoms with Crippen molar-refractivity contribution in [2.75, 3.05) is 39.8 Å². The Morgan fingerprint density at radius 3 is 1.44 bits per heavy atom. The molecule has 0 radical (unpaired) electrons. The Balaban J connectivity index is 1.09. The first-order chi connectivity index (χ1) is 24.5. The van der Waals surface area contributed by atoms with E-state index in [2.05, 4.69) is 13.2 Å². The van der Waals surface area contributed by atoms with Crippen LogP contribution in [0, 0.1) is 11.8 Å². The van der Waals surface area contributed by atoms with Crippen molar-refractivity contribution in [2.24, 2.45) is 11.8 Å². The molecule has 0 heterocycles. The third kappa shape index (κ3) is 18.8. The molecular formula is C40H66O10. The van der Waals surface area contributed by atoms with E-state index in [-0.39, 0.29) is 42.1 Å². The first-order valence-corrected chi connectivity index (χ1v) is 19.7. The van der Waals surface area contributed by atoms with E-state index in [9.17, 15) is 14.4 Å². The first kappa shape index (κ1) is 42.1. The monoisotopic (exact) mass is 706 g/mol. The minimum absolute atomic E-state index is 0.00571. The van der Waals surface area contributed by atoms with E-state index in [4.69, 9.17) is 33.2 Å². The average molecular weight is 707 g/mol. The van der Waals surface area contributed by atoms with Crippen LogP contribution in [0.4, 0.5) is 0 Å². The molecule has 3 fully saturated rings. The summed E-state index contributed by atoms with van der Waals surface area (Å²) in [5.41, 5.74) is 0. The minimum Gasteiger partial charge on any atom is -0.463 e. The lowest BCUT2D eigenvalue weighted by atomic mass is 9.85. The van der Waals surface area contributed by atoms with Gasteiger partial charge in [0.05, 0.1) is 37.4 Å². The maximum atomic E-state index is 12.9. The van der Waals surface area contributed by atoms with Gasteiger partial charge in [-0.3, -0.25) is 4.79 Å². The second kappa shape index (κ2) is 26.5. The van der Waals surface area contributed by atoms with Gasteiger partial charge in [-0.1, -0.05) is 26.0 Å². The fraction of sp³-hybridized carbons (Fsp3) is 0.825. The molecule has 0 aromatic rings. The zero-order chi connectivity index (χ0) is 35.7. The molecule has 0 aromatic carbocycles. The molecule has 50 heavy (non-hydrogen) atoms. The molecule has 10 heteroatoms. The predicted molar refractivity (Wildman–Crippen MR) is 191 cm³/mol. The van der Waals surface area contributed by atoms with E-state index >= 15 is 0 Å². The van der Waals surface area contributed by atoms with Gasteiger partial charge in [0, 0.05) is 32.0 Å². The van der Waals surface area contributed by atoms with Crippen LogP contribution in [0.5, 0.6) is 0 Å². The van der Waals surface area contributed by atoms with Crippen molar-refractivity contribution >= 4 is 17.9 Å². The number of carbonyl (C=O) groups excluding carboxylic acids is 3. The SMILES string of the molecule is C=CC(=O)OCCCCCCOC1CCC(OCOCCC2CCC(OC(=O)C3CCC(OCCCCCCOC(=O)C=C)CC3)CC2)CC1. The normalized spacial score (nSPS) is 25.4. The largest absolute Gasteiger partial charge is 0.463 e. The average Bonchev–Trinajstić information content (AvgIpc) is 3.14. The van der Waals surface area contributed by atoms with E-state index in [1.807, 2.05) is 0 Å². The van der Waals surface area contributed by atoms with Gasteiger partial charge in [-0.15, -0.1) is 0 Å². The lowest BCUT2D eigenvalue weighted by Crippen LogP contribution is -2.32.